The second kappa shape index (κ2) is 5.92. The highest BCUT2D eigenvalue weighted by Crippen LogP contribution is 2.12. The van der Waals surface area contributed by atoms with Gasteiger partial charge in [0.2, 0.25) is 11.8 Å². The molecule has 0 aliphatic heterocycles. The molecule has 3 rings (SSSR count). The molecule has 0 aliphatic rings. The molecule has 0 spiro atoms. The van der Waals surface area contributed by atoms with Crippen molar-refractivity contribution in [1.29, 1.82) is 0 Å². The van der Waals surface area contributed by atoms with Gasteiger partial charge in [0, 0.05) is 25.1 Å². The molecule has 0 bridgehead atoms. The molecule has 0 fully saturated rings. The Kier molecular flexibility index (Phi) is 3.83. The normalized spacial score (nSPS) is 10.9. The van der Waals surface area contributed by atoms with Crippen LogP contribution in [0.1, 0.15) is 18.1 Å². The van der Waals surface area contributed by atoms with Crippen molar-refractivity contribution in [1.82, 2.24) is 20.4 Å². The number of hydrogen-bond acceptors (Lipinski definition) is 6. The molecule has 0 unspecified atom stereocenters. The van der Waals surface area contributed by atoms with Gasteiger partial charge in [-0.3, -0.25) is 4.79 Å². The molecule has 1 N–H and O–H groups in total. The van der Waals surface area contributed by atoms with Gasteiger partial charge in [-0.1, -0.05) is 16.8 Å². The zero-order chi connectivity index (χ0) is 14.7. The standard InChI is InChI=1S/C13H11ClN4O3/c14-10-6-8(21-18-10)3-4-11(19)16-7-12-17-13-9(20-12)2-1-5-15-13/h1-2,5-6H,3-4,7H2,(H,16,19). The largest absolute Gasteiger partial charge is 0.437 e. The van der Waals surface area contributed by atoms with Crippen LogP contribution in [-0.4, -0.2) is 21.0 Å². The van der Waals surface area contributed by atoms with Crippen molar-refractivity contribution in [2.75, 3.05) is 0 Å². The van der Waals surface area contributed by atoms with Gasteiger partial charge in [-0.2, -0.15) is 4.98 Å². The molecular weight excluding hydrogens is 296 g/mol. The number of aryl methyl sites for hydroxylation is 1. The number of hydrogen-bond donors (Lipinski definition) is 1. The second-order valence-corrected chi connectivity index (χ2v) is 4.71. The summed E-state index contributed by atoms with van der Waals surface area (Å²) in [4.78, 5) is 19.9. The van der Waals surface area contributed by atoms with Gasteiger partial charge < -0.3 is 14.3 Å². The van der Waals surface area contributed by atoms with E-state index in [1.165, 1.54) is 0 Å². The first-order valence-electron chi connectivity index (χ1n) is 6.29. The van der Waals surface area contributed by atoms with Crippen molar-refractivity contribution >= 4 is 28.7 Å². The third kappa shape index (κ3) is 3.38. The van der Waals surface area contributed by atoms with Crippen molar-refractivity contribution < 1.29 is 13.7 Å². The maximum Gasteiger partial charge on any atom is 0.220 e. The summed E-state index contributed by atoms with van der Waals surface area (Å²) in [6.07, 6.45) is 2.33. The summed E-state index contributed by atoms with van der Waals surface area (Å²) in [6.45, 7) is 0.215. The fourth-order valence-electron chi connectivity index (χ4n) is 1.79. The van der Waals surface area contributed by atoms with Crippen LogP contribution in [0.25, 0.3) is 11.2 Å². The van der Waals surface area contributed by atoms with E-state index in [0.717, 1.165) is 0 Å². The van der Waals surface area contributed by atoms with Crippen molar-refractivity contribution in [2.45, 2.75) is 19.4 Å². The van der Waals surface area contributed by atoms with E-state index in [-0.39, 0.29) is 24.0 Å². The number of amides is 1. The summed E-state index contributed by atoms with van der Waals surface area (Å²) >= 11 is 5.62. The summed E-state index contributed by atoms with van der Waals surface area (Å²) in [5, 5.41) is 6.54. The summed E-state index contributed by atoms with van der Waals surface area (Å²) in [5.41, 5.74) is 1.12. The molecule has 21 heavy (non-hydrogen) atoms. The van der Waals surface area contributed by atoms with Crippen molar-refractivity contribution in [2.24, 2.45) is 0 Å². The Morgan fingerprint density at radius 1 is 1.43 bits per heavy atom. The SMILES string of the molecule is O=C(CCc1cc(Cl)no1)NCc1nc2ncccc2o1. The average molecular weight is 307 g/mol. The minimum atomic E-state index is -0.141. The number of oxazole rings is 1. The van der Waals surface area contributed by atoms with Crippen molar-refractivity contribution in [3.63, 3.8) is 0 Å². The van der Waals surface area contributed by atoms with Crippen LogP contribution in [0.4, 0.5) is 0 Å². The lowest BCUT2D eigenvalue weighted by Gasteiger charge is -2.00. The second-order valence-electron chi connectivity index (χ2n) is 4.33. The maximum absolute atomic E-state index is 11.7. The smallest absolute Gasteiger partial charge is 0.220 e. The van der Waals surface area contributed by atoms with Crippen LogP contribution in [0.2, 0.25) is 5.15 Å². The Balaban J connectivity index is 1.51. The maximum atomic E-state index is 11.7. The Morgan fingerprint density at radius 2 is 2.33 bits per heavy atom. The fourth-order valence-corrected chi connectivity index (χ4v) is 1.95. The number of carbonyl (C=O) groups is 1. The number of nitrogens with one attached hydrogen (secondary N) is 1. The molecule has 0 atom stereocenters. The van der Waals surface area contributed by atoms with E-state index < -0.39 is 0 Å². The van der Waals surface area contributed by atoms with E-state index in [9.17, 15) is 4.79 Å². The first-order valence-corrected chi connectivity index (χ1v) is 6.67. The predicted octanol–water partition coefficient (Wildman–Crippen LogP) is 2.11. The Labute approximate surface area is 124 Å². The van der Waals surface area contributed by atoms with Gasteiger partial charge in [-0.25, -0.2) is 4.98 Å². The van der Waals surface area contributed by atoms with Crippen LogP contribution in [0.15, 0.2) is 33.3 Å². The summed E-state index contributed by atoms with van der Waals surface area (Å²) < 4.78 is 10.4. The number of aromatic nitrogens is 3. The van der Waals surface area contributed by atoms with E-state index in [1.807, 2.05) is 0 Å². The zero-order valence-electron chi connectivity index (χ0n) is 10.9. The molecule has 8 heteroatoms. The highest BCUT2D eigenvalue weighted by Gasteiger charge is 2.09. The van der Waals surface area contributed by atoms with Crippen LogP contribution in [-0.2, 0) is 17.8 Å². The molecular formula is C13H11ClN4O3. The molecule has 3 heterocycles. The van der Waals surface area contributed by atoms with E-state index in [0.29, 0.717) is 29.3 Å². The topological polar surface area (TPSA) is 94.1 Å². The summed E-state index contributed by atoms with van der Waals surface area (Å²) in [5.74, 6) is 0.846. The predicted molar refractivity (Wildman–Crippen MR) is 73.5 cm³/mol. The lowest BCUT2D eigenvalue weighted by atomic mass is 10.2. The molecule has 0 saturated carbocycles. The average Bonchev–Trinajstić information content (AvgIpc) is 3.08. The molecule has 108 valence electrons. The fraction of sp³-hybridized carbons (Fsp3) is 0.231. The first kappa shape index (κ1) is 13.6. The molecule has 3 aromatic rings. The van der Waals surface area contributed by atoms with Crippen LogP contribution in [0.5, 0.6) is 0 Å². The van der Waals surface area contributed by atoms with Gasteiger partial charge in [-0.05, 0) is 12.1 Å². The quantitative estimate of drug-likeness (QED) is 0.776. The third-order valence-electron chi connectivity index (χ3n) is 2.77. The highest BCUT2D eigenvalue weighted by molar-refractivity contribution is 6.29. The molecule has 3 aromatic heterocycles. The summed E-state index contributed by atoms with van der Waals surface area (Å²) in [7, 11) is 0. The minimum Gasteiger partial charge on any atom is -0.437 e. The zero-order valence-corrected chi connectivity index (χ0v) is 11.6. The van der Waals surface area contributed by atoms with E-state index in [2.05, 4.69) is 20.4 Å². The van der Waals surface area contributed by atoms with Gasteiger partial charge >= 0.3 is 0 Å². The molecule has 7 nitrogen and oxygen atoms in total. The van der Waals surface area contributed by atoms with Crippen LogP contribution in [0.3, 0.4) is 0 Å². The van der Waals surface area contributed by atoms with Crippen LogP contribution in [0, 0.1) is 0 Å². The van der Waals surface area contributed by atoms with Gasteiger partial charge in [0.1, 0.15) is 5.76 Å². The van der Waals surface area contributed by atoms with Gasteiger partial charge in [-0.15, -0.1) is 0 Å². The van der Waals surface area contributed by atoms with Gasteiger partial charge in [0.05, 0.1) is 6.54 Å². The van der Waals surface area contributed by atoms with Crippen LogP contribution < -0.4 is 5.32 Å². The lowest BCUT2D eigenvalue weighted by Crippen LogP contribution is -2.23. The third-order valence-corrected chi connectivity index (χ3v) is 2.95. The van der Waals surface area contributed by atoms with Gasteiger partial charge in [0.25, 0.3) is 0 Å². The number of halogens is 1. The lowest BCUT2D eigenvalue weighted by molar-refractivity contribution is -0.121. The minimum absolute atomic E-state index is 0.141. The van der Waals surface area contributed by atoms with Crippen molar-refractivity contribution in [3.8, 4) is 0 Å². The van der Waals surface area contributed by atoms with Crippen LogP contribution >= 0.6 is 11.6 Å². The van der Waals surface area contributed by atoms with Gasteiger partial charge in [0.15, 0.2) is 16.4 Å². The Hall–Kier alpha value is -2.41. The number of nitrogens with zero attached hydrogens (tertiary/aromatic N) is 3. The monoisotopic (exact) mass is 306 g/mol. The van der Waals surface area contributed by atoms with E-state index in [4.69, 9.17) is 20.5 Å². The Morgan fingerprint density at radius 3 is 3.10 bits per heavy atom. The number of pyridine rings is 1. The molecule has 0 saturated heterocycles. The Bertz CT molecular complexity index is 734. The molecule has 0 radical (unpaired) electrons. The summed E-state index contributed by atoms with van der Waals surface area (Å²) in [6, 6.07) is 5.12. The molecule has 0 aliphatic carbocycles. The molecule has 0 aromatic carbocycles. The van der Waals surface area contributed by atoms with E-state index >= 15 is 0 Å². The van der Waals surface area contributed by atoms with E-state index in [1.54, 1.807) is 24.4 Å². The highest BCUT2D eigenvalue weighted by atomic mass is 35.5. The molecule has 1 amide bonds. The number of carbonyl (C=O) groups excluding carboxylic acids is 1. The number of rotatable bonds is 5. The first-order chi connectivity index (χ1) is 10.2. The van der Waals surface area contributed by atoms with Crippen molar-refractivity contribution in [3.05, 3.63) is 41.2 Å². The number of fused-ring (bicyclic) bond motifs is 1.